The monoisotopic (exact) mass is 284 g/mol. The van der Waals surface area contributed by atoms with Crippen LogP contribution in [-0.2, 0) is 0 Å². The number of aryl methyl sites for hydroxylation is 1. The molecule has 0 bridgehead atoms. The highest BCUT2D eigenvalue weighted by Crippen LogP contribution is 2.16. The lowest BCUT2D eigenvalue weighted by molar-refractivity contribution is 0.102. The van der Waals surface area contributed by atoms with Gasteiger partial charge in [0.05, 0.1) is 0 Å². The highest BCUT2D eigenvalue weighted by molar-refractivity contribution is 6.03. The SMILES string of the molecule is Cc1ccccc1NC(=O)c1cc(NC(C)(C)C)ncn1. The Labute approximate surface area is 124 Å². The zero-order valence-electron chi connectivity index (χ0n) is 12.8. The fraction of sp³-hybridized carbons (Fsp3) is 0.312. The molecule has 0 spiro atoms. The Morgan fingerprint density at radius 1 is 1.14 bits per heavy atom. The minimum Gasteiger partial charge on any atom is -0.365 e. The molecule has 0 radical (unpaired) electrons. The molecule has 1 aromatic carbocycles. The van der Waals surface area contributed by atoms with Gasteiger partial charge in [-0.05, 0) is 39.3 Å². The van der Waals surface area contributed by atoms with E-state index in [1.165, 1.54) is 6.33 Å². The third-order valence-corrected chi connectivity index (χ3v) is 2.80. The lowest BCUT2D eigenvalue weighted by Gasteiger charge is -2.21. The van der Waals surface area contributed by atoms with E-state index in [2.05, 4.69) is 20.6 Å². The van der Waals surface area contributed by atoms with Crippen LogP contribution < -0.4 is 10.6 Å². The van der Waals surface area contributed by atoms with Gasteiger partial charge in [0.25, 0.3) is 5.91 Å². The van der Waals surface area contributed by atoms with Crippen molar-refractivity contribution in [1.29, 1.82) is 0 Å². The van der Waals surface area contributed by atoms with Crippen molar-refractivity contribution in [1.82, 2.24) is 9.97 Å². The van der Waals surface area contributed by atoms with E-state index in [0.29, 0.717) is 11.5 Å². The van der Waals surface area contributed by atoms with Gasteiger partial charge in [-0.15, -0.1) is 0 Å². The summed E-state index contributed by atoms with van der Waals surface area (Å²) in [6, 6.07) is 9.28. The summed E-state index contributed by atoms with van der Waals surface area (Å²) in [7, 11) is 0. The van der Waals surface area contributed by atoms with Crippen molar-refractivity contribution in [2.24, 2.45) is 0 Å². The molecule has 0 atom stereocenters. The number of hydrogen-bond donors (Lipinski definition) is 2. The molecule has 5 heteroatoms. The summed E-state index contributed by atoms with van der Waals surface area (Å²) in [4.78, 5) is 20.4. The molecule has 1 amide bonds. The number of rotatable bonds is 3. The van der Waals surface area contributed by atoms with Crippen molar-refractivity contribution in [2.75, 3.05) is 10.6 Å². The Balaban J connectivity index is 2.16. The van der Waals surface area contributed by atoms with Gasteiger partial charge in [-0.2, -0.15) is 0 Å². The van der Waals surface area contributed by atoms with E-state index >= 15 is 0 Å². The molecule has 1 aromatic heterocycles. The summed E-state index contributed by atoms with van der Waals surface area (Å²) in [6.45, 7) is 8.04. The maximum atomic E-state index is 12.3. The Hall–Kier alpha value is -2.43. The summed E-state index contributed by atoms with van der Waals surface area (Å²) in [6.07, 6.45) is 1.39. The maximum absolute atomic E-state index is 12.3. The lowest BCUT2D eigenvalue weighted by Crippen LogP contribution is -2.27. The Bertz CT molecular complexity index is 647. The van der Waals surface area contributed by atoms with Crippen LogP contribution in [0.3, 0.4) is 0 Å². The largest absolute Gasteiger partial charge is 0.365 e. The first kappa shape index (κ1) is 15.0. The average Bonchev–Trinajstić information content (AvgIpc) is 2.39. The van der Waals surface area contributed by atoms with Crippen LogP contribution in [0.4, 0.5) is 11.5 Å². The molecule has 0 saturated carbocycles. The third kappa shape index (κ3) is 4.27. The number of nitrogens with one attached hydrogen (secondary N) is 2. The van der Waals surface area contributed by atoms with E-state index in [1.807, 2.05) is 52.0 Å². The van der Waals surface area contributed by atoms with Gasteiger partial charge in [0.2, 0.25) is 0 Å². The van der Waals surface area contributed by atoms with Crippen molar-refractivity contribution in [3.63, 3.8) is 0 Å². The number of amides is 1. The fourth-order valence-corrected chi connectivity index (χ4v) is 1.83. The predicted molar refractivity (Wildman–Crippen MR) is 84.5 cm³/mol. The molecule has 21 heavy (non-hydrogen) atoms. The van der Waals surface area contributed by atoms with Crippen LogP contribution in [0.2, 0.25) is 0 Å². The molecule has 2 rings (SSSR count). The van der Waals surface area contributed by atoms with E-state index in [4.69, 9.17) is 0 Å². The van der Waals surface area contributed by atoms with E-state index in [1.54, 1.807) is 6.07 Å². The second-order valence-electron chi connectivity index (χ2n) is 5.93. The van der Waals surface area contributed by atoms with Crippen molar-refractivity contribution >= 4 is 17.4 Å². The van der Waals surface area contributed by atoms with Crippen molar-refractivity contribution in [3.8, 4) is 0 Å². The quantitative estimate of drug-likeness (QED) is 0.908. The van der Waals surface area contributed by atoms with Crippen LogP contribution in [0.1, 0.15) is 36.8 Å². The second kappa shape index (κ2) is 5.91. The minimum absolute atomic E-state index is 0.127. The number of nitrogens with zero attached hydrogens (tertiary/aromatic N) is 2. The van der Waals surface area contributed by atoms with Gasteiger partial charge in [-0.1, -0.05) is 18.2 Å². The van der Waals surface area contributed by atoms with Crippen LogP contribution in [0.15, 0.2) is 36.7 Å². The van der Waals surface area contributed by atoms with Gasteiger partial charge in [0.1, 0.15) is 17.8 Å². The molecular weight excluding hydrogens is 264 g/mol. The zero-order valence-corrected chi connectivity index (χ0v) is 12.8. The zero-order chi connectivity index (χ0) is 15.5. The van der Waals surface area contributed by atoms with Gasteiger partial charge >= 0.3 is 0 Å². The summed E-state index contributed by atoms with van der Waals surface area (Å²) in [5.74, 6) is 0.385. The molecule has 1 heterocycles. The predicted octanol–water partition coefficient (Wildman–Crippen LogP) is 3.25. The first-order chi connectivity index (χ1) is 9.85. The van der Waals surface area contributed by atoms with E-state index < -0.39 is 0 Å². The molecule has 110 valence electrons. The van der Waals surface area contributed by atoms with E-state index in [0.717, 1.165) is 11.3 Å². The Morgan fingerprint density at radius 3 is 2.52 bits per heavy atom. The van der Waals surface area contributed by atoms with Crippen LogP contribution in [0.25, 0.3) is 0 Å². The Kier molecular flexibility index (Phi) is 4.21. The smallest absolute Gasteiger partial charge is 0.274 e. The molecular formula is C16H20N4O. The molecule has 0 fully saturated rings. The molecule has 0 aliphatic heterocycles. The molecule has 2 N–H and O–H groups in total. The second-order valence-corrected chi connectivity index (χ2v) is 5.93. The lowest BCUT2D eigenvalue weighted by atomic mass is 10.1. The van der Waals surface area contributed by atoms with Gasteiger partial charge in [-0.25, -0.2) is 9.97 Å². The standard InChI is InChI=1S/C16H20N4O/c1-11-7-5-6-8-12(11)19-15(21)13-9-14(18-10-17-13)20-16(2,3)4/h5-10H,1-4H3,(H,19,21)(H,17,18,20). The molecule has 5 nitrogen and oxygen atoms in total. The van der Waals surface area contributed by atoms with Gasteiger partial charge in [-0.3, -0.25) is 4.79 Å². The average molecular weight is 284 g/mol. The number of hydrogen-bond acceptors (Lipinski definition) is 4. The molecule has 0 unspecified atom stereocenters. The first-order valence-corrected chi connectivity index (χ1v) is 6.82. The van der Waals surface area contributed by atoms with Gasteiger partial charge in [0, 0.05) is 17.3 Å². The van der Waals surface area contributed by atoms with Crippen LogP contribution >= 0.6 is 0 Å². The van der Waals surface area contributed by atoms with Crippen LogP contribution in [-0.4, -0.2) is 21.4 Å². The minimum atomic E-state index is -0.247. The molecule has 0 saturated heterocycles. The number of carbonyl (C=O) groups is 1. The van der Waals surface area contributed by atoms with Crippen molar-refractivity contribution < 1.29 is 4.79 Å². The molecule has 0 aliphatic carbocycles. The summed E-state index contributed by atoms with van der Waals surface area (Å²) < 4.78 is 0. The van der Waals surface area contributed by atoms with E-state index in [9.17, 15) is 4.79 Å². The number of benzene rings is 1. The Morgan fingerprint density at radius 2 is 1.86 bits per heavy atom. The molecule has 0 aliphatic rings. The number of anilines is 2. The fourth-order valence-electron chi connectivity index (χ4n) is 1.83. The van der Waals surface area contributed by atoms with Crippen LogP contribution in [0, 0.1) is 6.92 Å². The van der Waals surface area contributed by atoms with Crippen molar-refractivity contribution in [3.05, 3.63) is 47.9 Å². The van der Waals surface area contributed by atoms with E-state index in [-0.39, 0.29) is 11.4 Å². The maximum Gasteiger partial charge on any atom is 0.274 e. The van der Waals surface area contributed by atoms with Gasteiger partial charge < -0.3 is 10.6 Å². The summed E-state index contributed by atoms with van der Waals surface area (Å²) in [5.41, 5.74) is 2.00. The summed E-state index contributed by atoms with van der Waals surface area (Å²) >= 11 is 0. The van der Waals surface area contributed by atoms with Gasteiger partial charge in [0.15, 0.2) is 0 Å². The highest BCUT2D eigenvalue weighted by Gasteiger charge is 2.14. The summed E-state index contributed by atoms with van der Waals surface area (Å²) in [5, 5.41) is 6.08. The van der Waals surface area contributed by atoms with Crippen LogP contribution in [0.5, 0.6) is 0 Å². The number of para-hydroxylation sites is 1. The number of carbonyl (C=O) groups excluding carboxylic acids is 1. The third-order valence-electron chi connectivity index (χ3n) is 2.80. The highest BCUT2D eigenvalue weighted by atomic mass is 16.1. The normalized spacial score (nSPS) is 11.0. The van der Waals surface area contributed by atoms with Crippen molar-refractivity contribution in [2.45, 2.75) is 33.2 Å². The number of aromatic nitrogens is 2. The first-order valence-electron chi connectivity index (χ1n) is 6.82. The topological polar surface area (TPSA) is 66.9 Å². The molecule has 2 aromatic rings.